The van der Waals surface area contributed by atoms with E-state index in [1.807, 2.05) is 19.1 Å². The number of benzene rings is 2. The molecule has 1 amide bonds. The number of rotatable bonds is 5. The van der Waals surface area contributed by atoms with Gasteiger partial charge in [0, 0.05) is 12.4 Å². The number of carbonyl (C=O) groups is 1. The summed E-state index contributed by atoms with van der Waals surface area (Å²) in [5.41, 5.74) is 0.841. The summed E-state index contributed by atoms with van der Waals surface area (Å²) < 4.78 is 18.5. The molecule has 6 heteroatoms. The molecular formula is C19H16FN3O2. The Morgan fingerprint density at radius 3 is 2.28 bits per heavy atom. The topological polar surface area (TPSA) is 64.1 Å². The number of aromatic nitrogens is 2. The molecule has 0 saturated heterocycles. The average Bonchev–Trinajstić information content (AvgIpc) is 2.64. The molecule has 25 heavy (non-hydrogen) atoms. The van der Waals surface area contributed by atoms with Crippen molar-refractivity contribution < 1.29 is 13.9 Å². The molecule has 1 aromatic heterocycles. The Hall–Kier alpha value is -3.28. The van der Waals surface area contributed by atoms with Crippen molar-refractivity contribution in [2.24, 2.45) is 0 Å². The number of nitrogens with zero attached hydrogens (tertiary/aromatic N) is 2. The number of carbonyl (C=O) groups excluding carboxylic acids is 1. The van der Waals surface area contributed by atoms with Gasteiger partial charge < -0.3 is 10.1 Å². The third kappa shape index (κ3) is 4.38. The van der Waals surface area contributed by atoms with E-state index in [0.717, 1.165) is 5.56 Å². The van der Waals surface area contributed by atoms with Gasteiger partial charge in [-0.1, -0.05) is 12.1 Å². The predicted octanol–water partition coefficient (Wildman–Crippen LogP) is 4.15. The van der Waals surface area contributed by atoms with Gasteiger partial charge in [-0.05, 0) is 48.9 Å². The van der Waals surface area contributed by atoms with Gasteiger partial charge in [-0.15, -0.1) is 0 Å². The van der Waals surface area contributed by atoms with E-state index >= 15 is 0 Å². The first-order valence-corrected chi connectivity index (χ1v) is 7.72. The quantitative estimate of drug-likeness (QED) is 0.759. The molecule has 126 valence electrons. The summed E-state index contributed by atoms with van der Waals surface area (Å²) in [5.74, 6) is 0.718. The first-order valence-electron chi connectivity index (χ1n) is 7.72. The molecule has 0 radical (unpaired) electrons. The van der Waals surface area contributed by atoms with Crippen LogP contribution in [0.25, 0.3) is 0 Å². The highest BCUT2D eigenvalue weighted by Crippen LogP contribution is 2.24. The maximum absolute atomic E-state index is 12.9. The highest BCUT2D eigenvalue weighted by atomic mass is 19.1. The third-order valence-electron chi connectivity index (χ3n) is 3.64. The molecule has 0 spiro atoms. The molecule has 1 N–H and O–H groups in total. The second-order valence-electron chi connectivity index (χ2n) is 5.43. The Labute approximate surface area is 144 Å². The van der Waals surface area contributed by atoms with Crippen LogP contribution in [0.4, 0.5) is 10.2 Å². The molecule has 0 fully saturated rings. The van der Waals surface area contributed by atoms with Crippen LogP contribution in [0.1, 0.15) is 18.4 Å². The minimum Gasteiger partial charge on any atom is -0.457 e. The fourth-order valence-electron chi connectivity index (χ4n) is 2.21. The number of nitrogens with one attached hydrogen (secondary N) is 1. The number of ether oxygens (including phenoxy) is 1. The van der Waals surface area contributed by atoms with Gasteiger partial charge >= 0.3 is 0 Å². The maximum Gasteiger partial charge on any atom is 0.232 e. The summed E-state index contributed by atoms with van der Waals surface area (Å²) in [5, 5.41) is 2.72. The molecule has 1 atom stereocenters. The van der Waals surface area contributed by atoms with E-state index in [2.05, 4.69) is 15.3 Å². The van der Waals surface area contributed by atoms with Crippen molar-refractivity contribution in [2.45, 2.75) is 12.8 Å². The van der Waals surface area contributed by atoms with Crippen molar-refractivity contribution in [2.75, 3.05) is 5.32 Å². The lowest BCUT2D eigenvalue weighted by Crippen LogP contribution is -2.19. The molecule has 3 aromatic rings. The molecule has 0 aliphatic rings. The Balaban J connectivity index is 1.64. The van der Waals surface area contributed by atoms with Crippen LogP contribution >= 0.6 is 0 Å². The van der Waals surface area contributed by atoms with Crippen molar-refractivity contribution in [3.8, 4) is 11.5 Å². The van der Waals surface area contributed by atoms with Gasteiger partial charge in [-0.25, -0.2) is 9.37 Å². The lowest BCUT2D eigenvalue weighted by atomic mass is 10.0. The van der Waals surface area contributed by atoms with Gasteiger partial charge in [-0.3, -0.25) is 9.78 Å². The van der Waals surface area contributed by atoms with E-state index in [0.29, 0.717) is 17.3 Å². The Morgan fingerprint density at radius 2 is 1.68 bits per heavy atom. The number of hydrogen-bond donors (Lipinski definition) is 1. The summed E-state index contributed by atoms with van der Waals surface area (Å²) in [7, 11) is 0. The van der Waals surface area contributed by atoms with Gasteiger partial charge in [0.2, 0.25) is 5.91 Å². The summed E-state index contributed by atoms with van der Waals surface area (Å²) in [4.78, 5) is 20.2. The van der Waals surface area contributed by atoms with Crippen molar-refractivity contribution in [1.29, 1.82) is 0 Å². The minimum absolute atomic E-state index is 0.173. The molecule has 0 aliphatic carbocycles. The fourth-order valence-corrected chi connectivity index (χ4v) is 2.21. The highest BCUT2D eigenvalue weighted by Gasteiger charge is 2.16. The summed E-state index contributed by atoms with van der Waals surface area (Å²) in [6.07, 6.45) is 4.55. The Bertz CT molecular complexity index is 837. The molecular weight excluding hydrogens is 321 g/mol. The molecule has 0 aliphatic heterocycles. The molecule has 0 saturated carbocycles. The monoisotopic (exact) mass is 337 g/mol. The fraction of sp³-hybridized carbons (Fsp3) is 0.105. The SMILES string of the molecule is CC(C(=O)Nc1cnccn1)c1ccc(Oc2ccc(F)cc2)cc1. The molecule has 5 nitrogen and oxygen atoms in total. The van der Waals surface area contributed by atoms with Crippen molar-refractivity contribution >= 4 is 11.7 Å². The van der Waals surface area contributed by atoms with Crippen LogP contribution in [0, 0.1) is 5.82 Å². The maximum atomic E-state index is 12.9. The third-order valence-corrected chi connectivity index (χ3v) is 3.64. The minimum atomic E-state index is -0.359. The van der Waals surface area contributed by atoms with Crippen molar-refractivity contribution in [3.05, 3.63) is 78.5 Å². The Morgan fingerprint density at radius 1 is 1.04 bits per heavy atom. The van der Waals surface area contributed by atoms with Gasteiger partial charge in [0.25, 0.3) is 0 Å². The van der Waals surface area contributed by atoms with E-state index in [-0.39, 0.29) is 17.6 Å². The van der Waals surface area contributed by atoms with Gasteiger partial charge in [0.15, 0.2) is 5.82 Å². The van der Waals surface area contributed by atoms with Crippen LogP contribution in [-0.4, -0.2) is 15.9 Å². The van der Waals surface area contributed by atoms with E-state index in [1.165, 1.54) is 24.5 Å². The summed E-state index contributed by atoms with van der Waals surface area (Å²) in [6.45, 7) is 1.81. The number of amides is 1. The molecule has 1 unspecified atom stereocenters. The molecule has 0 bridgehead atoms. The zero-order valence-corrected chi connectivity index (χ0v) is 13.5. The van der Waals surface area contributed by atoms with Crippen LogP contribution in [0.2, 0.25) is 0 Å². The molecule has 3 rings (SSSR count). The zero-order chi connectivity index (χ0) is 17.6. The van der Waals surface area contributed by atoms with E-state index in [9.17, 15) is 9.18 Å². The largest absolute Gasteiger partial charge is 0.457 e. The Kier molecular flexibility index (Phi) is 4.99. The lowest BCUT2D eigenvalue weighted by Gasteiger charge is -2.13. The standard InChI is InChI=1S/C19H16FN3O2/c1-13(19(24)23-18-12-21-10-11-22-18)14-2-6-16(7-3-14)25-17-8-4-15(20)5-9-17/h2-13H,1H3,(H,22,23,24). The normalized spacial score (nSPS) is 11.6. The number of anilines is 1. The second kappa shape index (κ2) is 7.53. The lowest BCUT2D eigenvalue weighted by molar-refractivity contribution is -0.117. The first-order chi connectivity index (χ1) is 12.1. The second-order valence-corrected chi connectivity index (χ2v) is 5.43. The van der Waals surface area contributed by atoms with Gasteiger partial charge in [0.1, 0.15) is 17.3 Å². The van der Waals surface area contributed by atoms with Crippen molar-refractivity contribution in [3.63, 3.8) is 0 Å². The van der Waals surface area contributed by atoms with E-state index < -0.39 is 0 Å². The summed E-state index contributed by atoms with van der Waals surface area (Å²) >= 11 is 0. The number of hydrogen-bond acceptors (Lipinski definition) is 4. The van der Waals surface area contributed by atoms with E-state index in [4.69, 9.17) is 4.74 Å². The smallest absolute Gasteiger partial charge is 0.232 e. The van der Waals surface area contributed by atoms with Crippen LogP contribution < -0.4 is 10.1 Å². The summed E-state index contributed by atoms with van der Waals surface area (Å²) in [6, 6.07) is 13.0. The van der Waals surface area contributed by atoms with Crippen LogP contribution in [0.5, 0.6) is 11.5 Å². The highest BCUT2D eigenvalue weighted by molar-refractivity contribution is 5.94. The number of halogens is 1. The molecule has 1 heterocycles. The zero-order valence-electron chi connectivity index (χ0n) is 13.5. The average molecular weight is 337 g/mol. The van der Waals surface area contributed by atoms with Crippen LogP contribution in [0.3, 0.4) is 0 Å². The van der Waals surface area contributed by atoms with Gasteiger partial charge in [-0.2, -0.15) is 0 Å². The molecule has 2 aromatic carbocycles. The first kappa shape index (κ1) is 16.6. The van der Waals surface area contributed by atoms with Gasteiger partial charge in [0.05, 0.1) is 12.1 Å². The van der Waals surface area contributed by atoms with Crippen LogP contribution in [0.15, 0.2) is 67.1 Å². The van der Waals surface area contributed by atoms with Crippen molar-refractivity contribution in [1.82, 2.24) is 9.97 Å². The van der Waals surface area contributed by atoms with E-state index in [1.54, 1.807) is 30.5 Å². The predicted molar refractivity (Wildman–Crippen MR) is 92.0 cm³/mol. The van der Waals surface area contributed by atoms with Crippen LogP contribution in [-0.2, 0) is 4.79 Å².